The third-order valence-corrected chi connectivity index (χ3v) is 12.6. The Morgan fingerprint density at radius 2 is 1.65 bits per heavy atom. The highest BCUT2D eigenvalue weighted by molar-refractivity contribution is 6.25. The van der Waals surface area contributed by atoms with Crippen molar-refractivity contribution in [3.63, 3.8) is 0 Å². The Balaban J connectivity index is 0.702. The average molecular weight is 891 g/mol. The molecule has 4 aliphatic rings. The number of piperidine rings is 1. The summed E-state index contributed by atoms with van der Waals surface area (Å²) in [6.45, 7) is 9.21. The molecule has 0 bridgehead atoms. The van der Waals surface area contributed by atoms with Crippen molar-refractivity contribution >= 4 is 69.4 Å². The minimum Gasteiger partial charge on any atom is -0.379 e. The third-order valence-electron chi connectivity index (χ3n) is 12.6. The topological polar surface area (TPSA) is 227 Å². The van der Waals surface area contributed by atoms with E-state index in [2.05, 4.69) is 35.7 Å². The van der Waals surface area contributed by atoms with E-state index in [1.807, 2.05) is 18.3 Å². The number of Topliss-reactive ketones (excluding diaryl/α,β-unsaturated/α-hetero) is 2. The van der Waals surface area contributed by atoms with Gasteiger partial charge in [0.15, 0.2) is 11.6 Å². The molecule has 0 spiro atoms. The fourth-order valence-corrected chi connectivity index (χ4v) is 9.13. The Kier molecular flexibility index (Phi) is 14.0. The number of aromatic nitrogens is 4. The quantitative estimate of drug-likeness (QED) is 0.0695. The highest BCUT2D eigenvalue weighted by Crippen LogP contribution is 2.34. The zero-order valence-electron chi connectivity index (χ0n) is 36.7. The smallest absolute Gasteiger partial charge is 0.264 e. The Bertz CT molecular complexity index is 2550. The first kappa shape index (κ1) is 45.1. The second-order valence-electron chi connectivity index (χ2n) is 16.9. The lowest BCUT2D eigenvalue weighted by Gasteiger charge is -2.35. The number of nitrogens with zero attached hydrogens (tertiary/aromatic N) is 7. The summed E-state index contributed by atoms with van der Waals surface area (Å²) in [5, 5.41) is 9.06. The fourth-order valence-electron chi connectivity index (χ4n) is 9.13. The number of hydrogen-bond acceptors (Lipinski definition) is 16. The molecular weight excluding hydrogens is 837 g/mol. The summed E-state index contributed by atoms with van der Waals surface area (Å²) in [5.74, 6) is -1.79. The predicted octanol–water partition coefficient (Wildman–Crippen LogP) is 3.57. The van der Waals surface area contributed by atoms with Gasteiger partial charge in [-0.2, -0.15) is 4.98 Å². The fraction of sp³-hybridized carbons (Fsp3) is 0.478. The number of anilines is 4. The highest BCUT2D eigenvalue weighted by Gasteiger charge is 2.45. The van der Waals surface area contributed by atoms with Crippen LogP contribution in [0.3, 0.4) is 0 Å². The molecule has 3 aliphatic heterocycles. The number of rotatable bonds is 19. The average Bonchev–Trinajstić information content (AvgIpc) is 3.91. The van der Waals surface area contributed by atoms with E-state index in [-0.39, 0.29) is 65.7 Å². The Hall–Kier alpha value is -6.44. The van der Waals surface area contributed by atoms with Gasteiger partial charge < -0.3 is 25.0 Å². The number of hydrogen-bond donors (Lipinski definition) is 3. The van der Waals surface area contributed by atoms with Gasteiger partial charge in [0.25, 0.3) is 17.4 Å². The summed E-state index contributed by atoms with van der Waals surface area (Å²) >= 11 is 0. The molecule has 19 heteroatoms. The molecule has 3 fully saturated rings. The van der Waals surface area contributed by atoms with E-state index in [1.54, 1.807) is 29.8 Å². The van der Waals surface area contributed by atoms with Crippen LogP contribution in [0.25, 0.3) is 11.0 Å². The van der Waals surface area contributed by atoms with Crippen LogP contribution >= 0.6 is 0 Å². The monoisotopic (exact) mass is 890 g/mol. The van der Waals surface area contributed by atoms with Gasteiger partial charge in [0.2, 0.25) is 17.8 Å². The van der Waals surface area contributed by atoms with E-state index < -0.39 is 29.7 Å². The van der Waals surface area contributed by atoms with Crippen LogP contribution < -0.4 is 26.4 Å². The number of ketones is 2. The molecule has 1 aromatic carbocycles. The first-order valence-corrected chi connectivity index (χ1v) is 22.4. The van der Waals surface area contributed by atoms with Gasteiger partial charge >= 0.3 is 0 Å². The zero-order valence-corrected chi connectivity index (χ0v) is 36.7. The molecule has 4 amide bonds. The lowest BCUT2D eigenvalue weighted by molar-refractivity contribution is -0.136. The van der Waals surface area contributed by atoms with Gasteiger partial charge in [0, 0.05) is 75.5 Å². The first-order chi connectivity index (χ1) is 31.5. The molecule has 1 saturated carbocycles. The number of fused-ring (bicyclic) bond motifs is 2. The van der Waals surface area contributed by atoms with Crippen molar-refractivity contribution in [1.29, 1.82) is 0 Å². The number of piperazine rings is 1. The molecule has 65 heavy (non-hydrogen) atoms. The van der Waals surface area contributed by atoms with Crippen molar-refractivity contribution in [2.24, 2.45) is 0 Å². The number of amides is 4. The Labute approximate surface area is 375 Å². The Morgan fingerprint density at radius 3 is 2.37 bits per heavy atom. The van der Waals surface area contributed by atoms with Crippen molar-refractivity contribution < 1.29 is 38.2 Å². The molecule has 4 aromatic rings. The normalized spacial score (nSPS) is 18.1. The maximum atomic E-state index is 13.6. The zero-order chi connectivity index (χ0) is 45.6. The maximum absolute atomic E-state index is 13.6. The minimum atomic E-state index is -1.06. The summed E-state index contributed by atoms with van der Waals surface area (Å²) in [6.07, 6.45) is 8.19. The van der Waals surface area contributed by atoms with E-state index in [0.29, 0.717) is 66.9 Å². The third kappa shape index (κ3) is 9.96. The molecule has 1 unspecified atom stereocenters. The van der Waals surface area contributed by atoms with Crippen LogP contribution in [-0.4, -0.2) is 136 Å². The van der Waals surface area contributed by atoms with Gasteiger partial charge in [-0.05, 0) is 69.4 Å². The minimum absolute atomic E-state index is 0.000996. The van der Waals surface area contributed by atoms with E-state index in [9.17, 15) is 33.6 Å². The van der Waals surface area contributed by atoms with Crippen LogP contribution in [0.1, 0.15) is 101 Å². The molecule has 2 saturated heterocycles. The molecule has 8 rings (SSSR count). The van der Waals surface area contributed by atoms with Gasteiger partial charge in [-0.15, -0.1) is 0 Å². The summed E-state index contributed by atoms with van der Waals surface area (Å²) in [7, 11) is 0. The van der Waals surface area contributed by atoms with Crippen molar-refractivity contribution in [2.45, 2.75) is 77.3 Å². The van der Waals surface area contributed by atoms with Crippen molar-refractivity contribution in [3.8, 4) is 0 Å². The van der Waals surface area contributed by atoms with E-state index >= 15 is 0 Å². The number of aryl methyl sites for hydroxylation is 1. The molecular formula is C46H54N10O9. The molecule has 19 nitrogen and oxygen atoms in total. The van der Waals surface area contributed by atoms with Gasteiger partial charge in [0.05, 0.1) is 54.9 Å². The largest absolute Gasteiger partial charge is 0.379 e. The Morgan fingerprint density at radius 1 is 0.877 bits per heavy atom. The first-order valence-electron chi connectivity index (χ1n) is 22.4. The number of nitrogens with one attached hydrogen (secondary N) is 3. The standard InChI is InChI=1S/C46H54N10O9/c1-28-34-27-49-46(52-41(34)55(30-7-3-4-8-30)44(62)39(28)29(2)57)50-37-14-12-31(25-48-37)54-18-16-53(17-19-54)20-22-65-24-23-64-21-6-9-32(58)26-47-35-11-5-10-33-40(35)45(63)56(43(33)61)36-13-15-38(59)51-42(36)60/h5,10-12,14,25,27,30,36,47H,3-4,6-9,13,15-24,26H2,1-2H3,(H,51,59,60)(H,48,49,50,52). The highest BCUT2D eigenvalue weighted by atomic mass is 16.5. The van der Waals surface area contributed by atoms with Gasteiger partial charge in [-0.3, -0.25) is 53.2 Å². The molecule has 6 heterocycles. The van der Waals surface area contributed by atoms with Crippen LogP contribution in [0.2, 0.25) is 0 Å². The van der Waals surface area contributed by atoms with Crippen molar-refractivity contribution in [1.82, 2.24) is 34.6 Å². The van der Waals surface area contributed by atoms with Crippen molar-refractivity contribution in [2.75, 3.05) is 81.2 Å². The SMILES string of the molecule is CC(=O)c1c(C)c2cnc(Nc3ccc(N4CCN(CCOCCOCCCC(=O)CNc5cccc6c5C(=O)N(C5CCC(=O)NC5=O)C6=O)CC4)cn3)nc2n(C2CCCC2)c1=O. The van der Waals surface area contributed by atoms with Crippen molar-refractivity contribution in [3.05, 3.63) is 75.3 Å². The number of pyridine rings is 2. The van der Waals surface area contributed by atoms with Gasteiger partial charge in [-0.1, -0.05) is 18.9 Å². The molecule has 342 valence electrons. The summed E-state index contributed by atoms with van der Waals surface area (Å²) < 4.78 is 13.2. The summed E-state index contributed by atoms with van der Waals surface area (Å²) in [5.41, 5.74) is 2.66. The molecule has 1 atom stereocenters. The van der Waals surface area contributed by atoms with Gasteiger partial charge in [-0.25, -0.2) is 9.97 Å². The second-order valence-corrected chi connectivity index (χ2v) is 16.9. The lowest BCUT2D eigenvalue weighted by Crippen LogP contribution is -2.54. The maximum Gasteiger partial charge on any atom is 0.264 e. The van der Waals surface area contributed by atoms with Crippen LogP contribution in [0.5, 0.6) is 0 Å². The second kappa shape index (κ2) is 20.2. The van der Waals surface area contributed by atoms with Crippen LogP contribution in [-0.2, 0) is 23.9 Å². The number of imide groups is 2. The number of benzene rings is 1. The van der Waals surface area contributed by atoms with Crippen LogP contribution in [0.4, 0.5) is 23.1 Å². The van der Waals surface area contributed by atoms with Crippen LogP contribution in [0, 0.1) is 6.92 Å². The number of ether oxygens (including phenoxy) is 2. The van der Waals surface area contributed by atoms with E-state index in [1.165, 1.54) is 13.0 Å². The van der Waals surface area contributed by atoms with Gasteiger partial charge in [0.1, 0.15) is 17.5 Å². The summed E-state index contributed by atoms with van der Waals surface area (Å²) in [4.78, 5) is 108. The molecule has 3 aromatic heterocycles. The molecule has 1 aliphatic carbocycles. The van der Waals surface area contributed by atoms with E-state index in [4.69, 9.17) is 14.5 Å². The summed E-state index contributed by atoms with van der Waals surface area (Å²) in [6, 6.07) is 7.57. The lowest BCUT2D eigenvalue weighted by atomic mass is 10.0. The predicted molar refractivity (Wildman–Crippen MR) is 240 cm³/mol. The van der Waals surface area contributed by atoms with E-state index in [0.717, 1.165) is 69.0 Å². The number of carbonyl (C=O) groups excluding carboxylic acids is 6. The van der Waals surface area contributed by atoms with Crippen LogP contribution in [0.15, 0.2) is 47.5 Å². The molecule has 0 radical (unpaired) electrons. The molecule has 3 N–H and O–H groups in total. The number of carbonyl (C=O) groups is 6.